The number of nitrogens with zero attached hydrogens (tertiary/aromatic N) is 4. The van der Waals surface area contributed by atoms with Gasteiger partial charge in [-0.1, -0.05) is 23.4 Å². The van der Waals surface area contributed by atoms with Gasteiger partial charge in [0.25, 0.3) is 0 Å². The van der Waals surface area contributed by atoms with E-state index in [0.717, 1.165) is 24.3 Å². The van der Waals surface area contributed by atoms with Crippen molar-refractivity contribution in [2.24, 2.45) is 0 Å². The van der Waals surface area contributed by atoms with Crippen LogP contribution in [0.2, 0.25) is 0 Å². The van der Waals surface area contributed by atoms with Crippen molar-refractivity contribution in [2.75, 3.05) is 6.54 Å². The Morgan fingerprint density at radius 1 is 1.35 bits per heavy atom. The topological polar surface area (TPSA) is 71.2 Å². The third-order valence-corrected chi connectivity index (χ3v) is 3.58. The van der Waals surface area contributed by atoms with E-state index in [1.165, 1.54) is 0 Å². The number of aromatic nitrogens is 3. The van der Waals surface area contributed by atoms with Gasteiger partial charge in [-0.15, -0.1) is 5.10 Å². The fourth-order valence-electron chi connectivity index (χ4n) is 2.58. The summed E-state index contributed by atoms with van der Waals surface area (Å²) in [7, 11) is 0. The van der Waals surface area contributed by atoms with E-state index in [4.69, 9.17) is 5.11 Å². The van der Waals surface area contributed by atoms with E-state index in [1.807, 2.05) is 41.4 Å². The summed E-state index contributed by atoms with van der Waals surface area (Å²) < 4.78 is 1.71. The van der Waals surface area contributed by atoms with E-state index in [-0.39, 0.29) is 0 Å². The van der Waals surface area contributed by atoms with Gasteiger partial charge < -0.3 is 5.11 Å². The minimum atomic E-state index is -0.752. The van der Waals surface area contributed by atoms with E-state index >= 15 is 0 Å². The molecule has 0 bridgehead atoms. The number of hydrogen-bond acceptors (Lipinski definition) is 4. The van der Waals surface area contributed by atoms with E-state index in [1.54, 1.807) is 4.68 Å². The average molecular weight is 272 g/mol. The van der Waals surface area contributed by atoms with E-state index in [9.17, 15) is 4.79 Å². The second kappa shape index (κ2) is 5.42. The second-order valence-electron chi connectivity index (χ2n) is 4.96. The summed E-state index contributed by atoms with van der Waals surface area (Å²) in [4.78, 5) is 13.1. The first-order chi connectivity index (χ1) is 9.74. The molecule has 1 aliphatic heterocycles. The van der Waals surface area contributed by atoms with Gasteiger partial charge in [0, 0.05) is 6.54 Å². The lowest BCUT2D eigenvalue weighted by Crippen LogP contribution is -2.35. The standard InChI is InChI=1S/C14H16N4O2/c19-14(20)13-7-4-8-17(13)9-11-10-18(16-15-11)12-5-2-1-3-6-12/h1-3,5-6,10,13H,4,7-9H2,(H,19,20)/t13-/m0/s1. The van der Waals surface area contributed by atoms with E-state index in [2.05, 4.69) is 10.3 Å². The molecule has 1 aliphatic rings. The molecule has 0 amide bonds. The highest BCUT2D eigenvalue weighted by atomic mass is 16.4. The number of para-hydroxylation sites is 1. The van der Waals surface area contributed by atoms with E-state index < -0.39 is 12.0 Å². The fourth-order valence-corrected chi connectivity index (χ4v) is 2.58. The second-order valence-corrected chi connectivity index (χ2v) is 4.96. The summed E-state index contributed by atoms with van der Waals surface area (Å²) in [6, 6.07) is 9.35. The Kier molecular flexibility index (Phi) is 3.47. The highest BCUT2D eigenvalue weighted by Gasteiger charge is 2.30. The van der Waals surface area contributed by atoms with Crippen LogP contribution in [0.3, 0.4) is 0 Å². The summed E-state index contributed by atoms with van der Waals surface area (Å²) in [6.07, 6.45) is 3.48. The van der Waals surface area contributed by atoms with Crippen LogP contribution >= 0.6 is 0 Å². The molecule has 2 aromatic rings. The molecule has 0 unspecified atom stereocenters. The fraction of sp³-hybridized carbons (Fsp3) is 0.357. The summed E-state index contributed by atoms with van der Waals surface area (Å²) in [5, 5.41) is 17.4. The predicted molar refractivity (Wildman–Crippen MR) is 72.4 cm³/mol. The van der Waals surface area contributed by atoms with Crippen LogP contribution in [0.5, 0.6) is 0 Å². The highest BCUT2D eigenvalue weighted by molar-refractivity contribution is 5.73. The first-order valence-corrected chi connectivity index (χ1v) is 6.67. The molecule has 0 radical (unpaired) electrons. The number of carboxylic acids is 1. The highest BCUT2D eigenvalue weighted by Crippen LogP contribution is 2.19. The zero-order chi connectivity index (χ0) is 13.9. The van der Waals surface area contributed by atoms with Crippen molar-refractivity contribution in [3.8, 4) is 5.69 Å². The average Bonchev–Trinajstić information content (AvgIpc) is 3.09. The van der Waals surface area contributed by atoms with Crippen LogP contribution in [-0.4, -0.2) is 43.6 Å². The first kappa shape index (κ1) is 12.8. The van der Waals surface area contributed by atoms with Crippen LogP contribution in [-0.2, 0) is 11.3 Å². The van der Waals surface area contributed by atoms with Crippen LogP contribution in [0.15, 0.2) is 36.5 Å². The van der Waals surface area contributed by atoms with E-state index in [0.29, 0.717) is 13.0 Å². The number of carbonyl (C=O) groups is 1. The van der Waals surface area contributed by atoms with Crippen molar-refractivity contribution in [1.29, 1.82) is 0 Å². The number of hydrogen-bond donors (Lipinski definition) is 1. The van der Waals surface area contributed by atoms with Crippen LogP contribution in [0.1, 0.15) is 18.5 Å². The number of benzene rings is 1. The Bertz CT molecular complexity index is 596. The molecular weight excluding hydrogens is 256 g/mol. The number of likely N-dealkylation sites (tertiary alicyclic amines) is 1. The van der Waals surface area contributed by atoms with Gasteiger partial charge in [-0.05, 0) is 31.5 Å². The van der Waals surface area contributed by atoms with Gasteiger partial charge in [-0.3, -0.25) is 9.69 Å². The molecule has 1 atom stereocenters. The van der Waals surface area contributed by atoms with Crippen molar-refractivity contribution < 1.29 is 9.90 Å². The third kappa shape index (κ3) is 2.55. The molecular formula is C14H16N4O2. The molecule has 1 saturated heterocycles. The predicted octanol–water partition coefficient (Wildman–Crippen LogP) is 1.32. The zero-order valence-electron chi connectivity index (χ0n) is 11.0. The van der Waals surface area contributed by atoms with Gasteiger partial charge in [0.1, 0.15) is 6.04 Å². The molecule has 0 spiro atoms. The van der Waals surface area contributed by atoms with Gasteiger partial charge in [-0.25, -0.2) is 4.68 Å². The van der Waals surface area contributed by atoms with Gasteiger partial charge in [0.05, 0.1) is 17.6 Å². The van der Waals surface area contributed by atoms with Gasteiger partial charge in [-0.2, -0.15) is 0 Å². The van der Waals surface area contributed by atoms with Crippen LogP contribution in [0, 0.1) is 0 Å². The van der Waals surface area contributed by atoms with Crippen molar-refractivity contribution in [3.63, 3.8) is 0 Å². The third-order valence-electron chi connectivity index (χ3n) is 3.58. The van der Waals surface area contributed by atoms with Gasteiger partial charge >= 0.3 is 5.97 Å². The number of carboxylic acid groups (broad SMARTS) is 1. The Morgan fingerprint density at radius 2 is 2.15 bits per heavy atom. The van der Waals surface area contributed by atoms with Crippen molar-refractivity contribution in [3.05, 3.63) is 42.2 Å². The Morgan fingerprint density at radius 3 is 2.90 bits per heavy atom. The monoisotopic (exact) mass is 272 g/mol. The number of aliphatic carboxylic acids is 1. The molecule has 3 rings (SSSR count). The summed E-state index contributed by atoms with van der Waals surface area (Å²) in [5.74, 6) is -0.752. The van der Waals surface area contributed by atoms with Crippen LogP contribution in [0.25, 0.3) is 5.69 Å². The van der Waals surface area contributed by atoms with Crippen molar-refractivity contribution >= 4 is 5.97 Å². The Hall–Kier alpha value is -2.21. The molecule has 1 fully saturated rings. The van der Waals surface area contributed by atoms with Gasteiger partial charge in [0.2, 0.25) is 0 Å². The normalized spacial score (nSPS) is 19.3. The molecule has 0 saturated carbocycles. The summed E-state index contributed by atoms with van der Waals surface area (Å²) in [5.41, 5.74) is 1.74. The quantitative estimate of drug-likeness (QED) is 0.908. The van der Waals surface area contributed by atoms with Gasteiger partial charge in [0.15, 0.2) is 0 Å². The van der Waals surface area contributed by atoms with Crippen molar-refractivity contribution in [2.45, 2.75) is 25.4 Å². The summed E-state index contributed by atoms with van der Waals surface area (Å²) in [6.45, 7) is 1.33. The Balaban J connectivity index is 1.73. The zero-order valence-corrected chi connectivity index (χ0v) is 11.0. The minimum absolute atomic E-state index is 0.392. The molecule has 0 aliphatic carbocycles. The van der Waals surface area contributed by atoms with Crippen molar-refractivity contribution in [1.82, 2.24) is 19.9 Å². The Labute approximate surface area is 116 Å². The smallest absolute Gasteiger partial charge is 0.320 e. The molecule has 1 aromatic carbocycles. The molecule has 20 heavy (non-hydrogen) atoms. The molecule has 1 aromatic heterocycles. The minimum Gasteiger partial charge on any atom is -0.480 e. The SMILES string of the molecule is O=C(O)[C@@H]1CCCN1Cc1cn(-c2ccccc2)nn1. The summed E-state index contributed by atoms with van der Waals surface area (Å²) >= 11 is 0. The maximum absolute atomic E-state index is 11.1. The lowest BCUT2D eigenvalue weighted by Gasteiger charge is -2.19. The van der Waals surface area contributed by atoms with Crippen LogP contribution < -0.4 is 0 Å². The largest absolute Gasteiger partial charge is 0.480 e. The first-order valence-electron chi connectivity index (χ1n) is 6.67. The number of rotatable bonds is 4. The lowest BCUT2D eigenvalue weighted by atomic mass is 10.2. The molecule has 104 valence electrons. The molecule has 6 nitrogen and oxygen atoms in total. The maximum Gasteiger partial charge on any atom is 0.320 e. The molecule has 1 N–H and O–H groups in total. The van der Waals surface area contributed by atoms with Crippen LogP contribution in [0.4, 0.5) is 0 Å². The maximum atomic E-state index is 11.1. The molecule has 6 heteroatoms. The lowest BCUT2D eigenvalue weighted by molar-refractivity contribution is -0.142. The molecule has 2 heterocycles.